The van der Waals surface area contributed by atoms with Crippen LogP contribution in [0.3, 0.4) is 0 Å². The number of rotatable bonds is 7. The summed E-state index contributed by atoms with van der Waals surface area (Å²) in [7, 11) is 1.44. The Kier molecular flexibility index (Phi) is 7.64. The smallest absolute Gasteiger partial charge is 0.441 e. The summed E-state index contributed by atoms with van der Waals surface area (Å²) in [6.45, 7) is 4.52. The van der Waals surface area contributed by atoms with Gasteiger partial charge in [-0.05, 0) is 88.6 Å². The number of aliphatic imine (C=N–C) groups is 1. The van der Waals surface area contributed by atoms with Crippen LogP contribution in [0.2, 0.25) is 0 Å². The average Bonchev–Trinajstić information content (AvgIpc) is 3.27. The number of hydrogen-bond donors (Lipinski definition) is 1. The third-order valence-corrected chi connectivity index (χ3v) is 6.88. The van der Waals surface area contributed by atoms with E-state index in [1.807, 2.05) is 32.0 Å². The minimum atomic E-state index is -4.71. The second kappa shape index (κ2) is 10.6. The standard InChI is InChI=1S/C24H20BrF3N4O4S/c1-12-4-5-15(8-13(12)2)35-6-7-36-19-17(25)10-14(11-18(19)34-3)9-16-20(29)32-23(30-21(16)33)37-22(31-32)24(26,27)28/h4-5,8-11,29H,6-7H2,1-3H3/b16-9-,29-20?. The number of aryl methyl sites for hydroxylation is 2. The summed E-state index contributed by atoms with van der Waals surface area (Å²) >= 11 is 3.62. The normalized spacial score (nSPS) is 16.5. The Balaban J connectivity index is 1.49. The maximum absolute atomic E-state index is 13.0. The van der Waals surface area contributed by atoms with Gasteiger partial charge in [-0.2, -0.15) is 28.3 Å². The van der Waals surface area contributed by atoms with Gasteiger partial charge in [-0.15, -0.1) is 0 Å². The van der Waals surface area contributed by atoms with Crippen LogP contribution in [0.15, 0.2) is 50.5 Å². The molecule has 0 unspecified atom stereocenters. The van der Waals surface area contributed by atoms with Crippen molar-refractivity contribution in [3.05, 3.63) is 57.1 Å². The van der Waals surface area contributed by atoms with Crippen LogP contribution in [0.25, 0.3) is 6.08 Å². The van der Waals surface area contributed by atoms with Gasteiger partial charge in [0.15, 0.2) is 17.3 Å². The first kappa shape index (κ1) is 26.7. The zero-order valence-electron chi connectivity index (χ0n) is 19.8. The van der Waals surface area contributed by atoms with Crippen LogP contribution in [0.1, 0.15) is 16.7 Å². The molecule has 1 N–H and O–H groups in total. The summed E-state index contributed by atoms with van der Waals surface area (Å²) in [5, 5.41) is 10.8. The maximum Gasteiger partial charge on any atom is 0.441 e. The van der Waals surface area contributed by atoms with Crippen molar-refractivity contribution < 1.29 is 32.2 Å². The second-order valence-corrected chi connectivity index (χ2v) is 9.71. The molecule has 2 aromatic rings. The zero-order valence-corrected chi connectivity index (χ0v) is 22.2. The van der Waals surface area contributed by atoms with Crippen molar-refractivity contribution in [1.29, 1.82) is 5.41 Å². The minimum Gasteiger partial charge on any atom is -0.493 e. The fourth-order valence-electron chi connectivity index (χ4n) is 3.34. The number of nitrogens with one attached hydrogen (secondary N) is 1. The van der Waals surface area contributed by atoms with Gasteiger partial charge in [0.25, 0.3) is 5.91 Å². The topological polar surface area (TPSA) is 96.6 Å². The number of methoxy groups -OCH3 is 1. The first-order valence-corrected chi connectivity index (χ1v) is 12.4. The van der Waals surface area contributed by atoms with Gasteiger partial charge in [-0.3, -0.25) is 10.2 Å². The van der Waals surface area contributed by atoms with Gasteiger partial charge in [-0.25, -0.2) is 0 Å². The Hall–Kier alpha value is -3.32. The molecule has 4 rings (SSSR count). The van der Waals surface area contributed by atoms with Gasteiger partial charge in [0.05, 0.1) is 17.2 Å². The van der Waals surface area contributed by atoms with E-state index in [1.165, 1.54) is 18.7 Å². The lowest BCUT2D eigenvalue weighted by atomic mass is 10.1. The van der Waals surface area contributed by atoms with E-state index in [2.05, 4.69) is 26.0 Å². The van der Waals surface area contributed by atoms with E-state index in [4.69, 9.17) is 19.6 Å². The van der Waals surface area contributed by atoms with Crippen molar-refractivity contribution >= 4 is 55.7 Å². The lowest BCUT2D eigenvalue weighted by Gasteiger charge is -2.20. The van der Waals surface area contributed by atoms with Gasteiger partial charge >= 0.3 is 6.18 Å². The van der Waals surface area contributed by atoms with E-state index < -0.39 is 23.0 Å². The predicted octanol–water partition coefficient (Wildman–Crippen LogP) is 5.71. The number of fused-ring (bicyclic) bond motifs is 1. The first-order valence-electron chi connectivity index (χ1n) is 10.8. The highest BCUT2D eigenvalue weighted by atomic mass is 79.9. The van der Waals surface area contributed by atoms with Crippen LogP contribution in [-0.4, -0.2) is 53.5 Å². The molecule has 0 atom stereocenters. The maximum atomic E-state index is 13.0. The first-order chi connectivity index (χ1) is 17.5. The summed E-state index contributed by atoms with van der Waals surface area (Å²) in [6, 6.07) is 9.00. The fraction of sp³-hybridized carbons (Fsp3) is 0.250. The number of thioether (sulfide) groups is 1. The summed E-state index contributed by atoms with van der Waals surface area (Å²) in [5.41, 5.74) is 2.50. The van der Waals surface area contributed by atoms with Crippen molar-refractivity contribution in [3.8, 4) is 17.2 Å². The minimum absolute atomic E-state index is 0.195. The molecule has 194 valence electrons. The average molecular weight is 597 g/mol. The van der Waals surface area contributed by atoms with Crippen molar-refractivity contribution in [2.24, 2.45) is 10.1 Å². The van der Waals surface area contributed by atoms with Gasteiger partial charge in [0, 0.05) is 0 Å². The molecule has 8 nitrogen and oxygen atoms in total. The number of halogens is 4. The van der Waals surface area contributed by atoms with Gasteiger partial charge < -0.3 is 14.2 Å². The molecule has 0 aliphatic carbocycles. The van der Waals surface area contributed by atoms with Crippen LogP contribution < -0.4 is 14.2 Å². The Morgan fingerprint density at radius 1 is 1.14 bits per heavy atom. The quantitative estimate of drug-likeness (QED) is 0.325. The van der Waals surface area contributed by atoms with Crippen LogP contribution >= 0.6 is 27.7 Å². The second-order valence-electron chi connectivity index (χ2n) is 7.90. The number of hydrogen-bond acceptors (Lipinski definition) is 7. The number of amidine groups is 2. The van der Waals surface area contributed by atoms with Gasteiger partial charge in [0.1, 0.15) is 19.0 Å². The summed E-state index contributed by atoms with van der Waals surface area (Å²) in [4.78, 5) is 16.2. The zero-order chi connectivity index (χ0) is 26.9. The molecule has 0 saturated carbocycles. The van der Waals surface area contributed by atoms with Crippen molar-refractivity contribution in [2.45, 2.75) is 20.0 Å². The molecule has 0 spiro atoms. The Morgan fingerprint density at radius 3 is 2.54 bits per heavy atom. The molecule has 0 fully saturated rings. The highest BCUT2D eigenvalue weighted by Crippen LogP contribution is 2.39. The van der Waals surface area contributed by atoms with Crippen LogP contribution in [-0.2, 0) is 4.79 Å². The molecule has 0 bridgehead atoms. The molecule has 2 aliphatic rings. The third-order valence-electron chi connectivity index (χ3n) is 5.34. The number of amides is 1. The van der Waals surface area contributed by atoms with E-state index in [0.29, 0.717) is 26.5 Å². The summed E-state index contributed by atoms with van der Waals surface area (Å²) < 4.78 is 56.6. The SMILES string of the molecule is COc1cc(/C=C2/C(=N)N3N=C(C(F)(F)F)SC3=NC2=O)cc(Br)c1OCCOc1ccc(C)c(C)c1. The van der Waals surface area contributed by atoms with Crippen LogP contribution in [0.5, 0.6) is 17.2 Å². The van der Waals surface area contributed by atoms with E-state index in [9.17, 15) is 18.0 Å². The van der Waals surface area contributed by atoms with E-state index in [-0.39, 0.29) is 35.7 Å². The van der Waals surface area contributed by atoms with E-state index in [1.54, 1.807) is 12.1 Å². The Morgan fingerprint density at radius 2 is 1.86 bits per heavy atom. The largest absolute Gasteiger partial charge is 0.493 e. The lowest BCUT2D eigenvalue weighted by Crippen LogP contribution is -2.35. The molecule has 0 radical (unpaired) electrons. The van der Waals surface area contributed by atoms with Crippen molar-refractivity contribution in [1.82, 2.24) is 5.01 Å². The summed E-state index contributed by atoms with van der Waals surface area (Å²) in [5.74, 6) is 0.102. The molecule has 2 aliphatic heterocycles. The van der Waals surface area contributed by atoms with E-state index >= 15 is 0 Å². The third kappa shape index (κ3) is 5.82. The number of nitrogens with zero attached hydrogens (tertiary/aromatic N) is 3. The number of benzene rings is 2. The molecular formula is C24H20BrF3N4O4S. The highest BCUT2D eigenvalue weighted by molar-refractivity contribution is 9.10. The molecular weight excluding hydrogens is 577 g/mol. The van der Waals surface area contributed by atoms with Crippen LogP contribution in [0.4, 0.5) is 13.2 Å². The number of carbonyl (C=O) groups is 1. The molecule has 0 aromatic heterocycles. The predicted molar refractivity (Wildman–Crippen MR) is 139 cm³/mol. The monoisotopic (exact) mass is 596 g/mol. The summed E-state index contributed by atoms with van der Waals surface area (Å²) in [6.07, 6.45) is -3.38. The molecule has 0 saturated heterocycles. The molecule has 2 heterocycles. The number of alkyl halides is 3. The molecule has 37 heavy (non-hydrogen) atoms. The van der Waals surface area contributed by atoms with Crippen LogP contribution in [0, 0.1) is 19.3 Å². The van der Waals surface area contributed by atoms with E-state index in [0.717, 1.165) is 11.3 Å². The Labute approximate surface area is 222 Å². The molecule has 2 aromatic carbocycles. The lowest BCUT2D eigenvalue weighted by molar-refractivity contribution is -0.114. The fourth-order valence-corrected chi connectivity index (χ4v) is 4.68. The highest BCUT2D eigenvalue weighted by Gasteiger charge is 2.46. The number of ether oxygens (including phenoxy) is 3. The number of hydrazone groups is 1. The molecule has 1 amide bonds. The van der Waals surface area contributed by atoms with Crippen molar-refractivity contribution in [2.75, 3.05) is 20.3 Å². The van der Waals surface area contributed by atoms with Crippen molar-refractivity contribution in [3.63, 3.8) is 0 Å². The van der Waals surface area contributed by atoms with Gasteiger partial charge in [-0.1, -0.05) is 6.07 Å². The number of carbonyl (C=O) groups excluding carboxylic acids is 1. The Bertz CT molecular complexity index is 1370. The van der Waals surface area contributed by atoms with Gasteiger partial charge in [0.2, 0.25) is 10.2 Å². The molecule has 13 heteroatoms.